The SMILES string of the molecule is Cc1ccc(S(=O)(=O)N2Cc3cc4c(c(-c5ccc(F)cc5)c3C2)C(=O)CC(C)(C)C4)cc1. The van der Waals surface area contributed by atoms with Gasteiger partial charge in [0.1, 0.15) is 5.82 Å². The molecular formula is C27H26FNO3S. The summed E-state index contributed by atoms with van der Waals surface area (Å²) in [6.45, 7) is 6.50. The summed E-state index contributed by atoms with van der Waals surface area (Å²) in [4.78, 5) is 13.5. The van der Waals surface area contributed by atoms with Crippen molar-refractivity contribution in [3.63, 3.8) is 0 Å². The second-order valence-electron chi connectivity index (χ2n) is 9.96. The summed E-state index contributed by atoms with van der Waals surface area (Å²) in [6, 6.07) is 15.0. The molecule has 3 aromatic carbocycles. The van der Waals surface area contributed by atoms with Crippen molar-refractivity contribution in [1.29, 1.82) is 0 Å². The molecule has 4 nitrogen and oxygen atoms in total. The highest BCUT2D eigenvalue weighted by Gasteiger charge is 2.38. The molecule has 0 fully saturated rings. The van der Waals surface area contributed by atoms with E-state index in [2.05, 4.69) is 13.8 Å². The Bertz CT molecular complexity index is 1370. The van der Waals surface area contributed by atoms with Gasteiger partial charge >= 0.3 is 0 Å². The van der Waals surface area contributed by atoms with E-state index < -0.39 is 10.0 Å². The van der Waals surface area contributed by atoms with Gasteiger partial charge in [0.05, 0.1) is 4.90 Å². The van der Waals surface area contributed by atoms with Crippen LogP contribution in [0, 0.1) is 18.2 Å². The first kappa shape index (κ1) is 22.0. The van der Waals surface area contributed by atoms with E-state index in [0.29, 0.717) is 12.0 Å². The quantitative estimate of drug-likeness (QED) is 0.504. The van der Waals surface area contributed by atoms with Crippen LogP contribution in [0.2, 0.25) is 0 Å². The van der Waals surface area contributed by atoms with Crippen LogP contribution in [0.4, 0.5) is 4.39 Å². The summed E-state index contributed by atoms with van der Waals surface area (Å²) < 4.78 is 42.0. The molecule has 0 atom stereocenters. The van der Waals surface area contributed by atoms with Crippen molar-refractivity contribution >= 4 is 15.8 Å². The fraction of sp³-hybridized carbons (Fsp3) is 0.296. The predicted octanol–water partition coefficient (Wildman–Crippen LogP) is 5.66. The van der Waals surface area contributed by atoms with Gasteiger partial charge in [-0.05, 0) is 70.8 Å². The standard InChI is InChI=1S/C27H26FNO3S/c1-17-4-10-22(11-5-17)33(31,32)29-15-20-12-19-13-27(2,3)14-24(30)26(19)25(23(20)16-29)18-6-8-21(28)9-7-18/h4-12H,13-16H2,1-3H3. The van der Waals surface area contributed by atoms with Gasteiger partial charge in [0.25, 0.3) is 0 Å². The van der Waals surface area contributed by atoms with Gasteiger partial charge in [0.15, 0.2) is 5.78 Å². The Balaban J connectivity index is 1.66. The third-order valence-electron chi connectivity index (χ3n) is 6.67. The van der Waals surface area contributed by atoms with Crippen LogP contribution in [0.3, 0.4) is 0 Å². The average Bonchev–Trinajstić information content (AvgIpc) is 3.17. The molecule has 33 heavy (non-hydrogen) atoms. The monoisotopic (exact) mass is 463 g/mol. The molecular weight excluding hydrogens is 437 g/mol. The number of hydrogen-bond donors (Lipinski definition) is 0. The van der Waals surface area contributed by atoms with Gasteiger partial charge in [-0.1, -0.05) is 49.7 Å². The predicted molar refractivity (Wildman–Crippen MR) is 126 cm³/mol. The number of benzene rings is 3. The van der Waals surface area contributed by atoms with E-state index >= 15 is 0 Å². The van der Waals surface area contributed by atoms with Crippen molar-refractivity contribution in [2.45, 2.75) is 51.6 Å². The van der Waals surface area contributed by atoms with Crippen LogP contribution in [0.1, 0.15) is 52.9 Å². The lowest BCUT2D eigenvalue weighted by atomic mass is 9.71. The highest BCUT2D eigenvalue weighted by atomic mass is 32.2. The summed E-state index contributed by atoms with van der Waals surface area (Å²) in [6.07, 6.45) is 1.17. The molecule has 1 heterocycles. The fourth-order valence-corrected chi connectivity index (χ4v) is 6.50. The number of nitrogens with zero attached hydrogens (tertiary/aromatic N) is 1. The minimum absolute atomic E-state index is 0.0585. The molecule has 0 N–H and O–H groups in total. The first-order chi connectivity index (χ1) is 15.5. The Kier molecular flexibility index (Phi) is 5.07. The van der Waals surface area contributed by atoms with E-state index in [4.69, 9.17) is 0 Å². The first-order valence-electron chi connectivity index (χ1n) is 11.1. The number of aryl methyl sites for hydroxylation is 1. The van der Waals surface area contributed by atoms with Crippen molar-refractivity contribution in [1.82, 2.24) is 4.31 Å². The van der Waals surface area contributed by atoms with Crippen LogP contribution < -0.4 is 0 Å². The van der Waals surface area contributed by atoms with E-state index in [0.717, 1.165) is 39.8 Å². The van der Waals surface area contributed by atoms with E-state index in [1.165, 1.54) is 16.4 Å². The molecule has 0 bridgehead atoms. The number of Topliss-reactive ketones (excluding diaryl/α,β-unsaturated/α-hetero) is 1. The van der Waals surface area contributed by atoms with E-state index in [1.54, 1.807) is 36.4 Å². The molecule has 0 amide bonds. The van der Waals surface area contributed by atoms with Crippen molar-refractivity contribution in [2.24, 2.45) is 5.41 Å². The van der Waals surface area contributed by atoms with E-state index in [1.807, 2.05) is 13.0 Å². The van der Waals surface area contributed by atoms with Gasteiger partial charge in [0, 0.05) is 25.1 Å². The molecule has 5 rings (SSSR count). The minimum atomic E-state index is -3.70. The number of hydrogen-bond acceptors (Lipinski definition) is 3. The molecule has 170 valence electrons. The maximum Gasteiger partial charge on any atom is 0.243 e. The molecule has 6 heteroatoms. The minimum Gasteiger partial charge on any atom is -0.294 e. The number of carbonyl (C=O) groups excluding carboxylic acids is 1. The lowest BCUT2D eigenvalue weighted by Gasteiger charge is -2.32. The molecule has 1 aliphatic carbocycles. The highest BCUT2D eigenvalue weighted by molar-refractivity contribution is 7.89. The third kappa shape index (κ3) is 3.81. The lowest BCUT2D eigenvalue weighted by Crippen LogP contribution is -2.28. The zero-order valence-corrected chi connectivity index (χ0v) is 19.8. The molecule has 0 spiro atoms. The van der Waals surface area contributed by atoms with Gasteiger partial charge < -0.3 is 0 Å². The number of ketones is 1. The molecule has 0 saturated heterocycles. The summed E-state index contributed by atoms with van der Waals surface area (Å²) in [5, 5.41) is 0. The Hall–Kier alpha value is -2.83. The second kappa shape index (κ2) is 7.61. The average molecular weight is 464 g/mol. The largest absolute Gasteiger partial charge is 0.294 e. The van der Waals surface area contributed by atoms with Crippen LogP contribution in [-0.4, -0.2) is 18.5 Å². The van der Waals surface area contributed by atoms with Gasteiger partial charge in [-0.2, -0.15) is 4.31 Å². The maximum absolute atomic E-state index is 13.7. The fourth-order valence-electron chi connectivity index (χ4n) is 5.11. The molecule has 0 unspecified atom stereocenters. The Morgan fingerprint density at radius 3 is 2.21 bits per heavy atom. The number of rotatable bonds is 3. The van der Waals surface area contributed by atoms with Gasteiger partial charge in [-0.3, -0.25) is 4.79 Å². The number of carbonyl (C=O) groups is 1. The van der Waals surface area contributed by atoms with Crippen LogP contribution >= 0.6 is 0 Å². The van der Waals surface area contributed by atoms with E-state index in [9.17, 15) is 17.6 Å². The smallest absolute Gasteiger partial charge is 0.243 e. The summed E-state index contributed by atoms with van der Waals surface area (Å²) in [5.74, 6) is -0.292. The third-order valence-corrected chi connectivity index (χ3v) is 8.47. The molecule has 2 aliphatic rings. The van der Waals surface area contributed by atoms with Crippen LogP contribution in [0.5, 0.6) is 0 Å². The zero-order chi connectivity index (χ0) is 23.5. The Labute approximate surface area is 194 Å². The van der Waals surface area contributed by atoms with E-state index in [-0.39, 0.29) is 35.0 Å². The lowest BCUT2D eigenvalue weighted by molar-refractivity contribution is 0.0913. The summed E-state index contributed by atoms with van der Waals surface area (Å²) in [5.41, 5.74) is 5.68. The van der Waals surface area contributed by atoms with Crippen molar-refractivity contribution < 1.29 is 17.6 Å². The van der Waals surface area contributed by atoms with Gasteiger partial charge in [-0.15, -0.1) is 0 Å². The summed E-state index contributed by atoms with van der Waals surface area (Å²) in [7, 11) is -3.70. The van der Waals surface area contributed by atoms with Crippen LogP contribution in [0.25, 0.3) is 11.1 Å². The molecule has 1 aliphatic heterocycles. The number of fused-ring (bicyclic) bond motifs is 2. The maximum atomic E-state index is 13.7. The topological polar surface area (TPSA) is 54.5 Å². The summed E-state index contributed by atoms with van der Waals surface area (Å²) >= 11 is 0. The molecule has 0 saturated carbocycles. The van der Waals surface area contributed by atoms with Crippen molar-refractivity contribution in [3.05, 3.63) is 88.2 Å². The zero-order valence-electron chi connectivity index (χ0n) is 19.0. The van der Waals surface area contributed by atoms with Crippen LogP contribution in [0.15, 0.2) is 59.5 Å². The molecule has 0 aromatic heterocycles. The molecule has 0 radical (unpaired) electrons. The number of halogens is 1. The van der Waals surface area contributed by atoms with Gasteiger partial charge in [-0.25, -0.2) is 12.8 Å². The Morgan fingerprint density at radius 2 is 1.55 bits per heavy atom. The van der Waals surface area contributed by atoms with Crippen molar-refractivity contribution in [2.75, 3.05) is 0 Å². The molecule has 3 aromatic rings. The second-order valence-corrected chi connectivity index (χ2v) is 11.9. The van der Waals surface area contributed by atoms with Gasteiger partial charge in [0.2, 0.25) is 10.0 Å². The van der Waals surface area contributed by atoms with Crippen LogP contribution in [-0.2, 0) is 29.5 Å². The van der Waals surface area contributed by atoms with Crippen molar-refractivity contribution in [3.8, 4) is 11.1 Å². The Morgan fingerprint density at radius 1 is 0.879 bits per heavy atom. The number of sulfonamides is 1. The first-order valence-corrected chi connectivity index (χ1v) is 12.5. The normalized spacial score (nSPS) is 17.6. The highest BCUT2D eigenvalue weighted by Crippen LogP contribution is 2.45.